The Balaban J connectivity index is 1.40. The minimum Gasteiger partial charge on any atom is -0.334 e. The second kappa shape index (κ2) is 7.43. The Morgan fingerprint density at radius 3 is 2.88 bits per heavy atom. The van der Waals surface area contributed by atoms with Crippen molar-refractivity contribution in [2.24, 2.45) is 0 Å². The van der Waals surface area contributed by atoms with Gasteiger partial charge in [0.1, 0.15) is 5.69 Å². The molecule has 3 aromatic rings. The molecule has 132 valence electrons. The van der Waals surface area contributed by atoms with E-state index < -0.39 is 0 Å². The summed E-state index contributed by atoms with van der Waals surface area (Å²) in [5.74, 6) is 1.16. The van der Waals surface area contributed by atoms with Crippen molar-refractivity contribution in [2.75, 3.05) is 6.54 Å². The maximum Gasteiger partial charge on any atom is 0.272 e. The van der Waals surface area contributed by atoms with Crippen LogP contribution in [-0.4, -0.2) is 43.5 Å². The fraction of sp³-hybridized carbons (Fsp3) is 0.316. The van der Waals surface area contributed by atoms with E-state index in [2.05, 4.69) is 20.1 Å². The van der Waals surface area contributed by atoms with Crippen molar-refractivity contribution in [3.8, 4) is 11.5 Å². The Bertz CT molecular complexity index is 866. The minimum absolute atomic E-state index is 0.00122. The molecule has 7 heteroatoms. The quantitative estimate of drug-likeness (QED) is 0.704. The number of rotatable bonds is 5. The van der Waals surface area contributed by atoms with Crippen LogP contribution < -0.4 is 0 Å². The SMILES string of the molecule is O=C(c1ccccn1)N1CCCC1CCc1noc(-c2ccncc2)n1. The van der Waals surface area contributed by atoms with E-state index in [-0.39, 0.29) is 11.9 Å². The third-order valence-electron chi connectivity index (χ3n) is 4.62. The molecule has 4 heterocycles. The molecule has 7 nitrogen and oxygen atoms in total. The first kappa shape index (κ1) is 16.4. The van der Waals surface area contributed by atoms with Crippen molar-refractivity contribution in [3.63, 3.8) is 0 Å². The molecule has 4 rings (SSSR count). The van der Waals surface area contributed by atoms with Gasteiger partial charge in [-0.3, -0.25) is 14.8 Å². The van der Waals surface area contributed by atoms with Crippen LogP contribution in [0.2, 0.25) is 0 Å². The maximum atomic E-state index is 12.7. The molecule has 1 aliphatic heterocycles. The summed E-state index contributed by atoms with van der Waals surface area (Å²) in [4.78, 5) is 27.2. The van der Waals surface area contributed by atoms with Crippen LogP contribution in [0.1, 0.15) is 35.6 Å². The smallest absolute Gasteiger partial charge is 0.272 e. The fourth-order valence-electron chi connectivity index (χ4n) is 3.30. The summed E-state index contributed by atoms with van der Waals surface area (Å²) in [6, 6.07) is 9.27. The van der Waals surface area contributed by atoms with Gasteiger partial charge in [-0.05, 0) is 43.5 Å². The molecule has 0 N–H and O–H groups in total. The largest absolute Gasteiger partial charge is 0.334 e. The predicted octanol–water partition coefficient (Wildman–Crippen LogP) is 2.76. The fourth-order valence-corrected chi connectivity index (χ4v) is 3.30. The second-order valence-corrected chi connectivity index (χ2v) is 6.30. The van der Waals surface area contributed by atoms with Crippen LogP contribution in [0.15, 0.2) is 53.4 Å². The number of hydrogen-bond donors (Lipinski definition) is 0. The molecule has 0 saturated carbocycles. The van der Waals surface area contributed by atoms with Crippen LogP contribution in [0.4, 0.5) is 0 Å². The number of aryl methyl sites for hydroxylation is 1. The van der Waals surface area contributed by atoms with Gasteiger partial charge in [-0.15, -0.1) is 0 Å². The average Bonchev–Trinajstić information content (AvgIpc) is 3.36. The summed E-state index contributed by atoms with van der Waals surface area (Å²) in [7, 11) is 0. The number of amides is 1. The molecule has 0 spiro atoms. The molecule has 1 atom stereocenters. The minimum atomic E-state index is -0.00122. The van der Waals surface area contributed by atoms with Gasteiger partial charge in [0.2, 0.25) is 0 Å². The highest BCUT2D eigenvalue weighted by atomic mass is 16.5. The van der Waals surface area contributed by atoms with Gasteiger partial charge in [0.05, 0.1) is 0 Å². The zero-order valence-electron chi connectivity index (χ0n) is 14.3. The van der Waals surface area contributed by atoms with Gasteiger partial charge in [-0.2, -0.15) is 4.98 Å². The normalized spacial score (nSPS) is 16.8. The molecule has 1 unspecified atom stereocenters. The Labute approximate surface area is 151 Å². The molecule has 0 radical (unpaired) electrons. The molecular weight excluding hydrogens is 330 g/mol. The van der Waals surface area contributed by atoms with Crippen LogP contribution >= 0.6 is 0 Å². The third kappa shape index (κ3) is 3.46. The summed E-state index contributed by atoms with van der Waals surface area (Å²) < 4.78 is 5.33. The molecule has 1 fully saturated rings. The van der Waals surface area contributed by atoms with Gasteiger partial charge >= 0.3 is 0 Å². The highest BCUT2D eigenvalue weighted by Gasteiger charge is 2.30. The summed E-state index contributed by atoms with van der Waals surface area (Å²) in [6.45, 7) is 0.772. The molecule has 1 saturated heterocycles. The lowest BCUT2D eigenvalue weighted by atomic mass is 10.1. The highest BCUT2D eigenvalue weighted by Crippen LogP contribution is 2.24. The van der Waals surface area contributed by atoms with Crippen LogP contribution in [0.25, 0.3) is 11.5 Å². The first-order chi connectivity index (χ1) is 12.8. The van der Waals surface area contributed by atoms with Crippen molar-refractivity contribution >= 4 is 5.91 Å². The van der Waals surface area contributed by atoms with Crippen LogP contribution in [0.3, 0.4) is 0 Å². The Kier molecular flexibility index (Phi) is 4.68. The van der Waals surface area contributed by atoms with Gasteiger partial charge in [-0.25, -0.2) is 0 Å². The number of aromatic nitrogens is 4. The third-order valence-corrected chi connectivity index (χ3v) is 4.62. The van der Waals surface area contributed by atoms with Gasteiger partial charge in [0.15, 0.2) is 5.82 Å². The average molecular weight is 349 g/mol. The van der Waals surface area contributed by atoms with E-state index in [0.29, 0.717) is 23.8 Å². The second-order valence-electron chi connectivity index (χ2n) is 6.30. The summed E-state index contributed by atoms with van der Waals surface area (Å²) in [5, 5.41) is 4.06. The molecular formula is C19H19N5O2. The van der Waals surface area contributed by atoms with Gasteiger partial charge in [0, 0.05) is 43.2 Å². The Morgan fingerprint density at radius 2 is 2.08 bits per heavy atom. The summed E-state index contributed by atoms with van der Waals surface area (Å²) in [5.41, 5.74) is 1.35. The topological polar surface area (TPSA) is 85.0 Å². The summed E-state index contributed by atoms with van der Waals surface area (Å²) >= 11 is 0. The molecule has 0 aliphatic carbocycles. The number of carbonyl (C=O) groups is 1. The van der Waals surface area contributed by atoms with E-state index in [9.17, 15) is 4.79 Å². The number of likely N-dealkylation sites (tertiary alicyclic amines) is 1. The van der Waals surface area contributed by atoms with Crippen molar-refractivity contribution in [3.05, 3.63) is 60.4 Å². The molecule has 1 amide bonds. The lowest BCUT2D eigenvalue weighted by molar-refractivity contribution is 0.0724. The lowest BCUT2D eigenvalue weighted by Gasteiger charge is -2.24. The van der Waals surface area contributed by atoms with E-state index in [4.69, 9.17) is 4.52 Å². The van der Waals surface area contributed by atoms with E-state index in [0.717, 1.165) is 31.4 Å². The molecule has 3 aromatic heterocycles. The predicted molar refractivity (Wildman–Crippen MR) is 94.1 cm³/mol. The first-order valence-corrected chi connectivity index (χ1v) is 8.76. The molecule has 0 aromatic carbocycles. The zero-order chi connectivity index (χ0) is 17.8. The number of pyridine rings is 2. The van der Waals surface area contributed by atoms with Gasteiger partial charge in [0.25, 0.3) is 11.8 Å². The van der Waals surface area contributed by atoms with E-state index in [1.165, 1.54) is 0 Å². The van der Waals surface area contributed by atoms with Crippen LogP contribution in [0, 0.1) is 0 Å². The Morgan fingerprint density at radius 1 is 1.19 bits per heavy atom. The summed E-state index contributed by atoms with van der Waals surface area (Å²) in [6.07, 6.45) is 8.53. The Hall–Kier alpha value is -3.09. The van der Waals surface area contributed by atoms with Crippen molar-refractivity contribution in [1.82, 2.24) is 25.0 Å². The van der Waals surface area contributed by atoms with E-state index >= 15 is 0 Å². The lowest BCUT2D eigenvalue weighted by Crippen LogP contribution is -2.36. The highest BCUT2D eigenvalue weighted by molar-refractivity contribution is 5.92. The first-order valence-electron chi connectivity index (χ1n) is 8.76. The van der Waals surface area contributed by atoms with E-state index in [1.807, 2.05) is 29.2 Å². The van der Waals surface area contributed by atoms with Crippen molar-refractivity contribution < 1.29 is 9.32 Å². The molecule has 1 aliphatic rings. The van der Waals surface area contributed by atoms with Gasteiger partial charge in [-0.1, -0.05) is 11.2 Å². The van der Waals surface area contributed by atoms with Crippen LogP contribution in [-0.2, 0) is 6.42 Å². The van der Waals surface area contributed by atoms with Gasteiger partial charge < -0.3 is 9.42 Å². The number of nitrogens with zero attached hydrogens (tertiary/aromatic N) is 5. The monoisotopic (exact) mass is 349 g/mol. The van der Waals surface area contributed by atoms with Crippen molar-refractivity contribution in [1.29, 1.82) is 0 Å². The van der Waals surface area contributed by atoms with Crippen molar-refractivity contribution in [2.45, 2.75) is 31.7 Å². The zero-order valence-corrected chi connectivity index (χ0v) is 14.3. The van der Waals surface area contributed by atoms with Crippen LogP contribution in [0.5, 0.6) is 0 Å². The molecule has 0 bridgehead atoms. The number of hydrogen-bond acceptors (Lipinski definition) is 6. The molecule has 26 heavy (non-hydrogen) atoms. The maximum absolute atomic E-state index is 12.7. The number of carbonyl (C=O) groups excluding carboxylic acids is 1. The van der Waals surface area contributed by atoms with E-state index in [1.54, 1.807) is 24.7 Å². The standard InChI is InChI=1S/C19H19N5O2/c25-19(16-5-1-2-10-21-16)24-13-3-4-15(24)6-7-17-22-18(26-23-17)14-8-11-20-12-9-14/h1-2,5,8-12,15H,3-4,6-7,13H2.